The van der Waals surface area contributed by atoms with E-state index >= 15 is 0 Å². The SMILES string of the molecule is [N-]=[N+]=Nc1cc(=O)[nH]c(=O)n1[C@@H]1O[C@H](CO)[C@H](O)C1O. The van der Waals surface area contributed by atoms with Crippen LogP contribution in [-0.4, -0.2) is 49.8 Å². The van der Waals surface area contributed by atoms with Crippen molar-refractivity contribution in [1.82, 2.24) is 9.55 Å². The minimum atomic E-state index is -1.54. The molecule has 0 spiro atoms. The van der Waals surface area contributed by atoms with Gasteiger partial charge in [0.1, 0.15) is 24.1 Å². The van der Waals surface area contributed by atoms with Crippen LogP contribution in [0.5, 0.6) is 0 Å². The van der Waals surface area contributed by atoms with Crippen LogP contribution in [0.15, 0.2) is 20.8 Å². The van der Waals surface area contributed by atoms with Gasteiger partial charge in [-0.3, -0.25) is 14.3 Å². The van der Waals surface area contributed by atoms with E-state index in [9.17, 15) is 19.8 Å². The van der Waals surface area contributed by atoms with Gasteiger partial charge < -0.3 is 20.1 Å². The number of aromatic amines is 1. The van der Waals surface area contributed by atoms with Crippen molar-refractivity contribution >= 4 is 5.82 Å². The number of H-pyrrole nitrogens is 1. The quantitative estimate of drug-likeness (QED) is 0.286. The first-order valence-electron chi connectivity index (χ1n) is 5.53. The molecule has 0 bridgehead atoms. The smallest absolute Gasteiger partial charge is 0.330 e. The van der Waals surface area contributed by atoms with Gasteiger partial charge in [0.25, 0.3) is 5.56 Å². The Bertz CT molecular complexity index is 662. The lowest BCUT2D eigenvalue weighted by Crippen LogP contribution is -2.37. The molecule has 1 fully saturated rings. The molecule has 4 atom stereocenters. The topological polar surface area (TPSA) is 174 Å². The van der Waals surface area contributed by atoms with Crippen molar-refractivity contribution in [3.8, 4) is 0 Å². The molecular weight excluding hydrogens is 274 g/mol. The Morgan fingerprint density at radius 3 is 2.70 bits per heavy atom. The Morgan fingerprint density at radius 2 is 2.15 bits per heavy atom. The molecule has 1 aliphatic rings. The van der Waals surface area contributed by atoms with E-state index in [1.165, 1.54) is 0 Å². The molecule has 4 N–H and O–H groups in total. The highest BCUT2D eigenvalue weighted by molar-refractivity contribution is 5.26. The number of nitrogens with zero attached hydrogens (tertiary/aromatic N) is 4. The maximum atomic E-state index is 11.8. The number of nitrogens with one attached hydrogen (secondary N) is 1. The van der Waals surface area contributed by atoms with Crippen LogP contribution >= 0.6 is 0 Å². The van der Waals surface area contributed by atoms with Crippen molar-refractivity contribution in [1.29, 1.82) is 0 Å². The van der Waals surface area contributed by atoms with Crippen molar-refractivity contribution in [2.75, 3.05) is 6.61 Å². The van der Waals surface area contributed by atoms with Gasteiger partial charge in [0.2, 0.25) is 0 Å². The van der Waals surface area contributed by atoms with Crippen LogP contribution < -0.4 is 11.2 Å². The molecule has 108 valence electrons. The van der Waals surface area contributed by atoms with E-state index in [0.29, 0.717) is 4.57 Å². The average Bonchev–Trinajstić information content (AvgIpc) is 2.66. The molecule has 0 amide bonds. The van der Waals surface area contributed by atoms with E-state index in [4.69, 9.17) is 15.4 Å². The van der Waals surface area contributed by atoms with E-state index in [2.05, 4.69) is 10.0 Å². The van der Waals surface area contributed by atoms with Crippen LogP contribution in [0.4, 0.5) is 5.82 Å². The average molecular weight is 285 g/mol. The summed E-state index contributed by atoms with van der Waals surface area (Å²) in [5, 5.41) is 31.6. The number of azide groups is 1. The minimum Gasteiger partial charge on any atom is -0.394 e. The Morgan fingerprint density at radius 1 is 1.45 bits per heavy atom. The maximum Gasteiger partial charge on any atom is 0.330 e. The summed E-state index contributed by atoms with van der Waals surface area (Å²) in [4.78, 5) is 27.3. The van der Waals surface area contributed by atoms with Gasteiger partial charge in [-0.25, -0.2) is 4.79 Å². The fourth-order valence-corrected chi connectivity index (χ4v) is 1.95. The Labute approximate surface area is 110 Å². The summed E-state index contributed by atoms with van der Waals surface area (Å²) >= 11 is 0. The number of rotatable bonds is 3. The molecule has 1 aliphatic heterocycles. The molecule has 2 rings (SSSR count). The molecule has 20 heavy (non-hydrogen) atoms. The molecule has 1 unspecified atom stereocenters. The molecule has 1 aromatic heterocycles. The fourth-order valence-electron chi connectivity index (χ4n) is 1.95. The number of hydrogen-bond donors (Lipinski definition) is 4. The summed E-state index contributed by atoms with van der Waals surface area (Å²) in [7, 11) is 0. The molecule has 1 saturated heterocycles. The molecule has 0 radical (unpaired) electrons. The predicted molar refractivity (Wildman–Crippen MR) is 63.1 cm³/mol. The zero-order valence-electron chi connectivity index (χ0n) is 9.95. The van der Waals surface area contributed by atoms with Crippen LogP contribution in [0, 0.1) is 0 Å². The summed E-state index contributed by atoms with van der Waals surface area (Å²) in [6.07, 6.45) is -5.47. The standard InChI is InChI=1S/C9H11N5O6/c10-13-12-4-1-5(16)11-9(19)14(4)8-7(18)6(17)3(2-15)20-8/h1,3,6-8,15,17-18H,2H2,(H,11,16,19)/t3-,6+,7?,8-/m1/s1. The lowest BCUT2D eigenvalue weighted by Gasteiger charge is -2.18. The zero-order valence-corrected chi connectivity index (χ0v) is 9.95. The normalized spacial score (nSPS) is 29.1. The van der Waals surface area contributed by atoms with Crippen LogP contribution in [0.1, 0.15) is 6.23 Å². The number of aromatic nitrogens is 2. The summed E-state index contributed by atoms with van der Waals surface area (Å²) in [6, 6.07) is 0.843. The molecule has 11 heteroatoms. The molecule has 0 aliphatic carbocycles. The van der Waals surface area contributed by atoms with Gasteiger partial charge >= 0.3 is 5.69 Å². The van der Waals surface area contributed by atoms with Crippen molar-refractivity contribution in [2.45, 2.75) is 24.5 Å². The lowest BCUT2D eigenvalue weighted by molar-refractivity contribution is -0.0541. The van der Waals surface area contributed by atoms with Gasteiger partial charge in [-0.2, -0.15) is 0 Å². The highest BCUT2D eigenvalue weighted by Crippen LogP contribution is 2.30. The first-order chi connectivity index (χ1) is 9.49. The van der Waals surface area contributed by atoms with Gasteiger partial charge in [0.05, 0.1) is 6.61 Å². The largest absolute Gasteiger partial charge is 0.394 e. The van der Waals surface area contributed by atoms with Gasteiger partial charge in [-0.1, -0.05) is 0 Å². The van der Waals surface area contributed by atoms with E-state index in [1.807, 2.05) is 4.98 Å². The summed E-state index contributed by atoms with van der Waals surface area (Å²) in [5.41, 5.74) is 6.65. The maximum absolute atomic E-state index is 11.8. The first-order valence-corrected chi connectivity index (χ1v) is 5.53. The van der Waals surface area contributed by atoms with Gasteiger partial charge in [-0.15, -0.1) is 0 Å². The molecular formula is C9H11N5O6. The van der Waals surface area contributed by atoms with Crippen LogP contribution in [0.2, 0.25) is 0 Å². The van der Waals surface area contributed by atoms with E-state index < -0.39 is 42.4 Å². The molecule has 0 aromatic carbocycles. The number of aliphatic hydroxyl groups excluding tert-OH is 3. The highest BCUT2D eigenvalue weighted by atomic mass is 16.6. The minimum absolute atomic E-state index is 0.379. The van der Waals surface area contributed by atoms with Gasteiger partial charge in [-0.05, 0) is 10.6 Å². The number of ether oxygens (including phenoxy) is 1. The summed E-state index contributed by atoms with van der Waals surface area (Å²) in [6.45, 7) is -0.580. The Balaban J connectivity index is 2.56. The second-order valence-corrected chi connectivity index (χ2v) is 4.09. The third kappa shape index (κ3) is 2.31. The van der Waals surface area contributed by atoms with Gasteiger partial charge in [0.15, 0.2) is 6.23 Å². The molecule has 11 nitrogen and oxygen atoms in total. The number of hydrogen-bond acceptors (Lipinski definition) is 7. The predicted octanol–water partition coefficient (Wildman–Crippen LogP) is -1.91. The van der Waals surface area contributed by atoms with E-state index in [0.717, 1.165) is 6.07 Å². The van der Waals surface area contributed by atoms with Crippen molar-refractivity contribution < 1.29 is 20.1 Å². The van der Waals surface area contributed by atoms with Crippen LogP contribution in [0.3, 0.4) is 0 Å². The summed E-state index contributed by atoms with van der Waals surface area (Å²) < 4.78 is 5.84. The zero-order chi connectivity index (χ0) is 14.9. The first kappa shape index (κ1) is 14.2. The van der Waals surface area contributed by atoms with E-state index in [-0.39, 0.29) is 5.82 Å². The van der Waals surface area contributed by atoms with Crippen LogP contribution in [0.25, 0.3) is 10.4 Å². The van der Waals surface area contributed by atoms with E-state index in [1.54, 1.807) is 0 Å². The lowest BCUT2D eigenvalue weighted by atomic mass is 10.1. The second-order valence-electron chi connectivity index (χ2n) is 4.09. The molecule has 0 saturated carbocycles. The summed E-state index contributed by atoms with van der Waals surface area (Å²) in [5.74, 6) is -0.379. The van der Waals surface area contributed by atoms with Crippen molar-refractivity contribution in [3.05, 3.63) is 37.3 Å². The highest BCUT2D eigenvalue weighted by Gasteiger charge is 2.44. The van der Waals surface area contributed by atoms with Crippen molar-refractivity contribution in [2.24, 2.45) is 5.11 Å². The van der Waals surface area contributed by atoms with Crippen molar-refractivity contribution in [3.63, 3.8) is 0 Å². The molecule has 1 aromatic rings. The van der Waals surface area contributed by atoms with Gasteiger partial charge in [0, 0.05) is 11.0 Å². The Kier molecular flexibility index (Phi) is 3.88. The fraction of sp³-hybridized carbons (Fsp3) is 0.556. The third-order valence-corrected chi connectivity index (χ3v) is 2.87. The monoisotopic (exact) mass is 285 g/mol. The Hall–Kier alpha value is -2.17. The third-order valence-electron chi connectivity index (χ3n) is 2.87. The molecule has 2 heterocycles. The van der Waals surface area contributed by atoms with Crippen LogP contribution in [-0.2, 0) is 4.74 Å². The second kappa shape index (κ2) is 5.45. The number of aliphatic hydroxyl groups is 3.